The molecule has 1 unspecified atom stereocenters. The molecule has 8 nitrogen and oxygen atoms in total. The number of nitrogens with one attached hydrogen (secondary N) is 1. The lowest BCUT2D eigenvalue weighted by atomic mass is 9.83. The molecule has 3 N–H and O–H groups in total. The molecule has 2 aliphatic rings. The summed E-state index contributed by atoms with van der Waals surface area (Å²) in [5.74, 6) is -0.346. The van der Waals surface area contributed by atoms with Crippen molar-refractivity contribution in [3.63, 3.8) is 0 Å². The maximum Gasteiger partial charge on any atom is 0.228 e. The van der Waals surface area contributed by atoms with Gasteiger partial charge in [-0.15, -0.1) is 0 Å². The summed E-state index contributed by atoms with van der Waals surface area (Å²) in [5.41, 5.74) is 5.74. The maximum atomic E-state index is 12.8. The number of benzene rings is 4. The van der Waals surface area contributed by atoms with Crippen LogP contribution in [0.3, 0.4) is 0 Å². The van der Waals surface area contributed by atoms with Gasteiger partial charge in [-0.1, -0.05) is 91.0 Å². The van der Waals surface area contributed by atoms with Crippen molar-refractivity contribution in [3.05, 3.63) is 137 Å². The smallest absolute Gasteiger partial charge is 0.228 e. The van der Waals surface area contributed by atoms with Crippen molar-refractivity contribution >= 4 is 17.4 Å². The van der Waals surface area contributed by atoms with E-state index in [-0.39, 0.29) is 48.9 Å². The van der Waals surface area contributed by atoms with E-state index in [2.05, 4.69) is 22.3 Å². The highest BCUT2D eigenvalue weighted by Gasteiger charge is 2.43. The van der Waals surface area contributed by atoms with E-state index in [1.807, 2.05) is 66.7 Å². The van der Waals surface area contributed by atoms with Gasteiger partial charge < -0.3 is 25.0 Å². The van der Waals surface area contributed by atoms with E-state index in [4.69, 9.17) is 9.47 Å². The number of anilines is 1. The van der Waals surface area contributed by atoms with E-state index in [1.54, 1.807) is 24.3 Å². The van der Waals surface area contributed by atoms with Crippen LogP contribution in [-0.4, -0.2) is 58.6 Å². The molecule has 0 radical (unpaired) electrons. The molecule has 0 aliphatic carbocycles. The summed E-state index contributed by atoms with van der Waals surface area (Å²) in [6.07, 6.45) is -0.640. The Kier molecular flexibility index (Phi) is 10.0. The summed E-state index contributed by atoms with van der Waals surface area (Å²) >= 11 is 0. The Bertz CT molecular complexity index is 1630. The first-order valence-electron chi connectivity index (χ1n) is 15.8. The van der Waals surface area contributed by atoms with Crippen LogP contribution in [0.2, 0.25) is 0 Å². The molecule has 2 heterocycles. The molecule has 4 aromatic carbocycles. The molecule has 2 saturated heterocycles. The first-order chi connectivity index (χ1) is 22.4. The first-order valence-corrected chi connectivity index (χ1v) is 15.8. The molecule has 6 rings (SSSR count). The lowest BCUT2D eigenvalue weighted by Crippen LogP contribution is -2.44. The zero-order chi connectivity index (χ0) is 32.0. The Morgan fingerprint density at radius 1 is 0.848 bits per heavy atom. The van der Waals surface area contributed by atoms with E-state index in [9.17, 15) is 19.8 Å². The Morgan fingerprint density at radius 3 is 2.24 bits per heavy atom. The number of likely N-dealkylation sites (tertiary alicyclic amines) is 1. The molecule has 1 amide bonds. The number of carbonyl (C=O) groups is 2. The quantitative estimate of drug-likeness (QED) is 0.199. The molecular weight excluding hydrogens is 580 g/mol. The van der Waals surface area contributed by atoms with Crippen LogP contribution in [0, 0.1) is 0 Å². The maximum absolute atomic E-state index is 12.8. The molecule has 5 atom stereocenters. The SMILES string of the molecule is CC(=O)c1cccc(NC(=O)Cc2ccc(C3O[C@H](CN4CC[C@@H](O)C4)[C@@H](c4ccccc4)[C@H](c4ccc(CO)cc4)O3)cc2)c1. The molecule has 46 heavy (non-hydrogen) atoms. The standard InChI is InChI=1S/C38H40N2O6/c1-25(42)31-8-5-9-32(21-31)39-35(44)20-26-10-16-30(17-11-26)38-45-34(23-40-19-18-33(43)22-40)36(28-6-3-2-4-7-28)37(46-38)29-14-12-27(24-41)13-15-29/h2-17,21,33-34,36-38,41,43H,18-20,22-24H2,1H3,(H,39,44)/t33-,34-,36-,37+,38?/m1/s1. The van der Waals surface area contributed by atoms with Crippen LogP contribution in [0.5, 0.6) is 0 Å². The molecule has 2 fully saturated rings. The van der Waals surface area contributed by atoms with Crippen LogP contribution in [-0.2, 0) is 27.3 Å². The second-order valence-corrected chi connectivity index (χ2v) is 12.2. The van der Waals surface area contributed by atoms with Crippen molar-refractivity contribution in [1.82, 2.24) is 4.90 Å². The topological polar surface area (TPSA) is 108 Å². The van der Waals surface area contributed by atoms with E-state index in [0.717, 1.165) is 40.8 Å². The lowest BCUT2D eigenvalue weighted by molar-refractivity contribution is -0.263. The Hall–Kier alpha value is -4.18. The highest BCUT2D eigenvalue weighted by Crippen LogP contribution is 2.47. The first kappa shape index (κ1) is 31.8. The molecule has 0 spiro atoms. The van der Waals surface area contributed by atoms with Crippen molar-refractivity contribution in [2.45, 2.75) is 56.9 Å². The van der Waals surface area contributed by atoms with Gasteiger partial charge in [0.2, 0.25) is 5.91 Å². The summed E-state index contributed by atoms with van der Waals surface area (Å²) < 4.78 is 13.6. The number of ether oxygens (including phenoxy) is 2. The predicted octanol–water partition coefficient (Wildman–Crippen LogP) is 5.57. The van der Waals surface area contributed by atoms with Gasteiger partial charge in [-0.3, -0.25) is 14.5 Å². The fraction of sp³-hybridized carbons (Fsp3) is 0.316. The Balaban J connectivity index is 1.24. The van der Waals surface area contributed by atoms with Crippen LogP contribution in [0.4, 0.5) is 5.69 Å². The van der Waals surface area contributed by atoms with Crippen LogP contribution >= 0.6 is 0 Å². The monoisotopic (exact) mass is 620 g/mol. The summed E-state index contributed by atoms with van der Waals surface area (Å²) in [4.78, 5) is 26.8. The van der Waals surface area contributed by atoms with Crippen LogP contribution < -0.4 is 5.32 Å². The highest BCUT2D eigenvalue weighted by atomic mass is 16.7. The fourth-order valence-corrected chi connectivity index (χ4v) is 6.40. The van der Waals surface area contributed by atoms with E-state index >= 15 is 0 Å². The van der Waals surface area contributed by atoms with Crippen LogP contribution in [0.25, 0.3) is 0 Å². The largest absolute Gasteiger partial charge is 0.392 e. The second-order valence-electron chi connectivity index (χ2n) is 12.2. The lowest BCUT2D eigenvalue weighted by Gasteiger charge is -2.44. The molecule has 0 aromatic heterocycles. The molecule has 0 bridgehead atoms. The zero-order valence-electron chi connectivity index (χ0n) is 25.9. The van der Waals surface area contributed by atoms with Gasteiger partial charge >= 0.3 is 0 Å². The average molecular weight is 621 g/mol. The summed E-state index contributed by atoms with van der Waals surface area (Å²) in [6.45, 7) is 3.52. The van der Waals surface area contributed by atoms with Crippen molar-refractivity contribution < 1.29 is 29.3 Å². The van der Waals surface area contributed by atoms with E-state index < -0.39 is 6.29 Å². The number of aliphatic hydroxyl groups excluding tert-OH is 2. The third-order valence-electron chi connectivity index (χ3n) is 8.83. The minimum Gasteiger partial charge on any atom is -0.392 e. The molecule has 0 saturated carbocycles. The van der Waals surface area contributed by atoms with Gasteiger partial charge in [0.15, 0.2) is 12.1 Å². The van der Waals surface area contributed by atoms with Crippen molar-refractivity contribution in [1.29, 1.82) is 0 Å². The number of aliphatic hydroxyl groups is 2. The highest BCUT2D eigenvalue weighted by molar-refractivity contribution is 5.97. The molecule has 2 aliphatic heterocycles. The van der Waals surface area contributed by atoms with Crippen LogP contribution in [0.1, 0.15) is 69.8 Å². The van der Waals surface area contributed by atoms with E-state index in [0.29, 0.717) is 24.3 Å². The summed E-state index contributed by atoms with van der Waals surface area (Å²) in [6, 6.07) is 32.8. The van der Waals surface area contributed by atoms with Gasteiger partial charge in [-0.25, -0.2) is 0 Å². The third-order valence-corrected chi connectivity index (χ3v) is 8.83. The van der Waals surface area contributed by atoms with Gasteiger partial charge in [0, 0.05) is 42.4 Å². The number of hydrogen-bond acceptors (Lipinski definition) is 7. The second kappa shape index (κ2) is 14.5. The minimum atomic E-state index is -0.655. The van der Waals surface area contributed by atoms with Crippen molar-refractivity contribution in [2.24, 2.45) is 0 Å². The number of rotatable bonds is 10. The predicted molar refractivity (Wildman–Crippen MR) is 175 cm³/mol. The Morgan fingerprint density at radius 2 is 1.57 bits per heavy atom. The van der Waals surface area contributed by atoms with Gasteiger partial charge in [0.05, 0.1) is 31.3 Å². The number of carbonyl (C=O) groups excluding carboxylic acids is 2. The molecule has 238 valence electrons. The van der Waals surface area contributed by atoms with Gasteiger partial charge in [0.25, 0.3) is 0 Å². The number of Topliss-reactive ketones (excluding diaryl/α,β-unsaturated/α-hetero) is 1. The zero-order valence-corrected chi connectivity index (χ0v) is 25.9. The molecule has 4 aromatic rings. The van der Waals surface area contributed by atoms with Gasteiger partial charge in [0.1, 0.15) is 0 Å². The number of amides is 1. The third kappa shape index (κ3) is 7.61. The van der Waals surface area contributed by atoms with Crippen molar-refractivity contribution in [2.75, 3.05) is 25.0 Å². The van der Waals surface area contributed by atoms with Crippen LogP contribution in [0.15, 0.2) is 103 Å². The summed E-state index contributed by atoms with van der Waals surface area (Å²) in [5, 5.41) is 22.8. The Labute approximate surface area is 269 Å². The fourth-order valence-electron chi connectivity index (χ4n) is 6.40. The number of hydrogen-bond donors (Lipinski definition) is 3. The number of ketones is 1. The van der Waals surface area contributed by atoms with E-state index in [1.165, 1.54) is 6.92 Å². The molecule has 8 heteroatoms. The minimum absolute atomic E-state index is 0.0330. The van der Waals surface area contributed by atoms with Crippen molar-refractivity contribution in [3.8, 4) is 0 Å². The normalized spacial score (nSPS) is 23.2. The number of β-amino-alcohol motifs (C(OH)–C–C–N with tert-alkyl or cyclic N) is 1. The summed E-state index contributed by atoms with van der Waals surface area (Å²) in [7, 11) is 0. The average Bonchev–Trinajstić information content (AvgIpc) is 3.49. The molecular formula is C38H40N2O6. The van der Waals surface area contributed by atoms with Gasteiger partial charge in [-0.2, -0.15) is 0 Å². The van der Waals surface area contributed by atoms with Gasteiger partial charge in [-0.05, 0) is 47.7 Å². The number of nitrogens with zero attached hydrogens (tertiary/aromatic N) is 1.